The third kappa shape index (κ3) is 5.50. The summed E-state index contributed by atoms with van der Waals surface area (Å²) in [5.41, 5.74) is 2.11. The van der Waals surface area contributed by atoms with Crippen LogP contribution in [0.1, 0.15) is 11.1 Å². The molecule has 0 bridgehead atoms. The van der Waals surface area contributed by atoms with Gasteiger partial charge in [0.25, 0.3) is 0 Å². The quantitative estimate of drug-likeness (QED) is 0.813. The molecule has 22 heavy (non-hydrogen) atoms. The summed E-state index contributed by atoms with van der Waals surface area (Å²) in [6.07, 6.45) is 1.19. The third-order valence-electron chi connectivity index (χ3n) is 3.40. The average molecular weight is 319 g/mol. The Balaban J connectivity index is 1.77. The Bertz CT molecular complexity index is 667. The Morgan fingerprint density at radius 2 is 1.55 bits per heavy atom. The maximum Gasteiger partial charge on any atom is 0.211 e. The van der Waals surface area contributed by atoms with Gasteiger partial charge in [-0.3, -0.25) is 0 Å². The molecule has 1 N–H and O–H groups in total. The van der Waals surface area contributed by atoms with Crippen molar-refractivity contribution in [3.8, 4) is 5.75 Å². The Labute approximate surface area is 132 Å². The maximum absolute atomic E-state index is 12.0. The number of benzene rings is 2. The number of sulfonamides is 1. The summed E-state index contributed by atoms with van der Waals surface area (Å²) in [5, 5.41) is 0. The lowest BCUT2D eigenvalue weighted by Crippen LogP contribution is -2.29. The zero-order chi connectivity index (χ0) is 15.8. The van der Waals surface area contributed by atoms with Gasteiger partial charge < -0.3 is 4.74 Å². The van der Waals surface area contributed by atoms with Crippen molar-refractivity contribution in [1.82, 2.24) is 4.72 Å². The van der Waals surface area contributed by atoms with Crippen molar-refractivity contribution in [2.24, 2.45) is 0 Å². The summed E-state index contributed by atoms with van der Waals surface area (Å²) in [7, 11) is -1.62. The van der Waals surface area contributed by atoms with E-state index >= 15 is 0 Å². The summed E-state index contributed by atoms with van der Waals surface area (Å²) in [6, 6.07) is 17.3. The van der Waals surface area contributed by atoms with Gasteiger partial charge in [0.15, 0.2) is 0 Å². The Hall–Kier alpha value is -1.85. The molecule has 0 atom stereocenters. The Kier molecular flexibility index (Phi) is 5.98. The fourth-order valence-electron chi connectivity index (χ4n) is 2.11. The number of hydrogen-bond donors (Lipinski definition) is 1. The molecule has 0 heterocycles. The van der Waals surface area contributed by atoms with E-state index in [1.54, 1.807) is 7.11 Å². The molecular formula is C17H21NO3S. The number of ether oxygens (including phenoxy) is 1. The number of hydrogen-bond acceptors (Lipinski definition) is 3. The minimum atomic E-state index is -3.24. The first kappa shape index (κ1) is 16.5. The molecule has 2 aromatic carbocycles. The van der Waals surface area contributed by atoms with E-state index in [1.807, 2.05) is 54.6 Å². The molecule has 0 unspecified atom stereocenters. The second-order valence-electron chi connectivity index (χ2n) is 5.05. The van der Waals surface area contributed by atoms with Gasteiger partial charge in [-0.15, -0.1) is 0 Å². The summed E-state index contributed by atoms with van der Waals surface area (Å²) in [5.74, 6) is 0.909. The molecular weight excluding hydrogens is 298 g/mol. The van der Waals surface area contributed by atoms with Crippen molar-refractivity contribution in [3.05, 3.63) is 65.7 Å². The zero-order valence-corrected chi connectivity index (χ0v) is 13.5. The van der Waals surface area contributed by atoms with Gasteiger partial charge in [0.1, 0.15) is 5.75 Å². The fourth-order valence-corrected chi connectivity index (χ4v) is 3.17. The SMILES string of the molecule is COc1ccc(CCNS(=O)(=O)CCc2ccccc2)cc1. The topological polar surface area (TPSA) is 55.4 Å². The molecule has 0 radical (unpaired) electrons. The van der Waals surface area contributed by atoms with Crippen LogP contribution in [0.15, 0.2) is 54.6 Å². The number of aryl methyl sites for hydroxylation is 1. The minimum Gasteiger partial charge on any atom is -0.497 e. The smallest absolute Gasteiger partial charge is 0.211 e. The summed E-state index contributed by atoms with van der Waals surface area (Å²) in [6.45, 7) is 0.406. The van der Waals surface area contributed by atoms with E-state index in [4.69, 9.17) is 4.74 Å². The molecule has 5 heteroatoms. The highest BCUT2D eigenvalue weighted by molar-refractivity contribution is 7.89. The van der Waals surface area contributed by atoms with Crippen molar-refractivity contribution >= 4 is 10.0 Å². The molecule has 0 aliphatic rings. The molecule has 0 spiro atoms. The molecule has 2 rings (SSSR count). The fraction of sp³-hybridized carbons (Fsp3) is 0.294. The lowest BCUT2D eigenvalue weighted by molar-refractivity contribution is 0.414. The predicted octanol–water partition coefficient (Wildman–Crippen LogP) is 2.40. The highest BCUT2D eigenvalue weighted by Crippen LogP contribution is 2.11. The van der Waals surface area contributed by atoms with Crippen LogP contribution < -0.4 is 9.46 Å². The maximum atomic E-state index is 12.0. The number of nitrogens with one attached hydrogen (secondary N) is 1. The van der Waals surface area contributed by atoms with Crippen LogP contribution in [0, 0.1) is 0 Å². The molecule has 0 saturated carbocycles. The molecule has 0 aliphatic heterocycles. The molecule has 0 fully saturated rings. The van der Waals surface area contributed by atoms with Gasteiger partial charge in [0.2, 0.25) is 10.0 Å². The molecule has 2 aromatic rings. The van der Waals surface area contributed by atoms with Crippen molar-refractivity contribution < 1.29 is 13.2 Å². The van der Waals surface area contributed by atoms with Gasteiger partial charge in [0, 0.05) is 6.54 Å². The number of methoxy groups -OCH3 is 1. The molecule has 0 aliphatic carbocycles. The van der Waals surface area contributed by atoms with Gasteiger partial charge in [-0.2, -0.15) is 0 Å². The molecule has 0 aromatic heterocycles. The predicted molar refractivity (Wildman–Crippen MR) is 88.6 cm³/mol. The van der Waals surface area contributed by atoms with Crippen LogP contribution in [-0.4, -0.2) is 27.8 Å². The lowest BCUT2D eigenvalue weighted by Gasteiger charge is -2.07. The first-order chi connectivity index (χ1) is 10.6. The van der Waals surface area contributed by atoms with Gasteiger partial charge in [0.05, 0.1) is 12.9 Å². The highest BCUT2D eigenvalue weighted by Gasteiger charge is 2.09. The van der Waals surface area contributed by atoms with E-state index in [1.165, 1.54) is 0 Å². The average Bonchev–Trinajstić information content (AvgIpc) is 2.55. The van der Waals surface area contributed by atoms with Crippen LogP contribution in [0.4, 0.5) is 0 Å². The highest BCUT2D eigenvalue weighted by atomic mass is 32.2. The van der Waals surface area contributed by atoms with Crippen LogP contribution in [0.2, 0.25) is 0 Å². The third-order valence-corrected chi connectivity index (χ3v) is 4.78. The number of rotatable bonds is 8. The van der Waals surface area contributed by atoms with E-state index in [9.17, 15) is 8.42 Å². The second-order valence-corrected chi connectivity index (χ2v) is 6.97. The Morgan fingerprint density at radius 3 is 2.18 bits per heavy atom. The van der Waals surface area contributed by atoms with Crippen molar-refractivity contribution in [3.63, 3.8) is 0 Å². The summed E-state index contributed by atoms with van der Waals surface area (Å²) >= 11 is 0. The van der Waals surface area contributed by atoms with Gasteiger partial charge >= 0.3 is 0 Å². The van der Waals surface area contributed by atoms with Crippen molar-refractivity contribution in [1.29, 1.82) is 0 Å². The molecule has 118 valence electrons. The van der Waals surface area contributed by atoms with Crippen molar-refractivity contribution in [2.75, 3.05) is 19.4 Å². The minimum absolute atomic E-state index is 0.111. The summed E-state index contributed by atoms with van der Waals surface area (Å²) in [4.78, 5) is 0. The molecule has 4 nitrogen and oxygen atoms in total. The first-order valence-electron chi connectivity index (χ1n) is 7.23. The second kappa shape index (κ2) is 7.96. The van der Waals surface area contributed by atoms with E-state index in [2.05, 4.69) is 4.72 Å². The van der Waals surface area contributed by atoms with Crippen LogP contribution in [-0.2, 0) is 22.9 Å². The standard InChI is InChI=1S/C17H21NO3S/c1-21-17-9-7-16(8-10-17)11-13-18-22(19,20)14-12-15-5-3-2-4-6-15/h2-10,18H,11-14H2,1H3. The zero-order valence-electron chi connectivity index (χ0n) is 12.7. The van der Waals surface area contributed by atoms with Crippen LogP contribution in [0.5, 0.6) is 5.75 Å². The van der Waals surface area contributed by atoms with Gasteiger partial charge in [-0.25, -0.2) is 13.1 Å². The molecule has 0 amide bonds. The molecule has 0 saturated heterocycles. The van der Waals surface area contributed by atoms with E-state index < -0.39 is 10.0 Å². The van der Waals surface area contributed by atoms with E-state index in [0.29, 0.717) is 19.4 Å². The Morgan fingerprint density at radius 1 is 0.909 bits per heavy atom. The van der Waals surface area contributed by atoms with Gasteiger partial charge in [-0.05, 0) is 36.1 Å². The van der Waals surface area contributed by atoms with Crippen LogP contribution >= 0.6 is 0 Å². The van der Waals surface area contributed by atoms with E-state index in [0.717, 1.165) is 16.9 Å². The van der Waals surface area contributed by atoms with Crippen LogP contribution in [0.25, 0.3) is 0 Å². The van der Waals surface area contributed by atoms with Crippen LogP contribution in [0.3, 0.4) is 0 Å². The van der Waals surface area contributed by atoms with E-state index in [-0.39, 0.29) is 5.75 Å². The lowest BCUT2D eigenvalue weighted by atomic mass is 10.1. The van der Waals surface area contributed by atoms with Crippen molar-refractivity contribution in [2.45, 2.75) is 12.8 Å². The normalized spacial score (nSPS) is 11.3. The summed E-state index contributed by atoms with van der Waals surface area (Å²) < 4.78 is 31.7. The largest absolute Gasteiger partial charge is 0.497 e. The first-order valence-corrected chi connectivity index (χ1v) is 8.88. The monoisotopic (exact) mass is 319 g/mol. The van der Waals surface area contributed by atoms with Gasteiger partial charge in [-0.1, -0.05) is 42.5 Å².